The van der Waals surface area contributed by atoms with Crippen molar-refractivity contribution in [1.82, 2.24) is 19.9 Å². The molecule has 0 saturated carbocycles. The third-order valence-electron chi connectivity index (χ3n) is 2.63. The van der Waals surface area contributed by atoms with E-state index in [1.807, 2.05) is 25.1 Å². The number of hydrogen-bond acceptors (Lipinski definition) is 4. The van der Waals surface area contributed by atoms with Gasteiger partial charge in [0.15, 0.2) is 11.6 Å². The third-order valence-corrected chi connectivity index (χ3v) is 3.02. The monoisotopic (exact) mass is 303 g/mol. The molecule has 0 aliphatic heterocycles. The first-order valence-corrected chi connectivity index (χ1v) is 6.17. The Kier molecular flexibility index (Phi) is 2.52. The summed E-state index contributed by atoms with van der Waals surface area (Å²) in [5, 5.41) is 0. The van der Waals surface area contributed by atoms with Gasteiger partial charge in [-0.15, -0.1) is 0 Å². The Morgan fingerprint density at radius 2 is 2.11 bits per heavy atom. The maximum absolute atomic E-state index is 5.82. The SMILES string of the molecule is Cc1ccc2nc(-c3nc(Br)cnc3N)[nH]c2c1. The molecule has 0 atom stereocenters. The Morgan fingerprint density at radius 1 is 1.28 bits per heavy atom. The van der Waals surface area contributed by atoms with Crippen LogP contribution < -0.4 is 5.73 Å². The Hall–Kier alpha value is -1.95. The number of fused-ring (bicyclic) bond motifs is 1. The average Bonchev–Trinajstić information content (AvgIpc) is 2.74. The van der Waals surface area contributed by atoms with Crippen molar-refractivity contribution in [2.75, 3.05) is 5.73 Å². The zero-order valence-electron chi connectivity index (χ0n) is 9.61. The number of rotatable bonds is 1. The quantitative estimate of drug-likeness (QED) is 0.724. The molecule has 2 aromatic heterocycles. The summed E-state index contributed by atoms with van der Waals surface area (Å²) in [6, 6.07) is 6.02. The van der Waals surface area contributed by atoms with Crippen LogP contribution in [-0.4, -0.2) is 19.9 Å². The number of anilines is 1. The van der Waals surface area contributed by atoms with Crippen molar-refractivity contribution in [3.8, 4) is 11.5 Å². The third kappa shape index (κ3) is 1.84. The van der Waals surface area contributed by atoms with Gasteiger partial charge >= 0.3 is 0 Å². The van der Waals surface area contributed by atoms with Gasteiger partial charge in [0.05, 0.1) is 17.2 Å². The summed E-state index contributed by atoms with van der Waals surface area (Å²) < 4.78 is 0.628. The lowest BCUT2D eigenvalue weighted by molar-refractivity contribution is 1.15. The minimum absolute atomic E-state index is 0.356. The molecule has 18 heavy (non-hydrogen) atoms. The summed E-state index contributed by atoms with van der Waals surface area (Å²) >= 11 is 3.28. The highest BCUT2D eigenvalue weighted by atomic mass is 79.9. The van der Waals surface area contributed by atoms with Crippen molar-refractivity contribution < 1.29 is 0 Å². The zero-order valence-corrected chi connectivity index (χ0v) is 11.2. The normalized spacial score (nSPS) is 11.0. The van der Waals surface area contributed by atoms with Crippen molar-refractivity contribution in [3.63, 3.8) is 0 Å². The first-order chi connectivity index (χ1) is 8.63. The lowest BCUT2D eigenvalue weighted by Crippen LogP contribution is -1.98. The number of nitrogens with two attached hydrogens (primary N) is 1. The van der Waals surface area contributed by atoms with E-state index in [1.54, 1.807) is 6.20 Å². The minimum Gasteiger partial charge on any atom is -0.382 e. The van der Waals surface area contributed by atoms with Crippen molar-refractivity contribution in [2.24, 2.45) is 0 Å². The largest absolute Gasteiger partial charge is 0.382 e. The number of nitrogens with zero attached hydrogens (tertiary/aromatic N) is 3. The summed E-state index contributed by atoms with van der Waals surface area (Å²) in [5.41, 5.74) is 9.39. The van der Waals surface area contributed by atoms with E-state index in [1.165, 1.54) is 5.56 Å². The van der Waals surface area contributed by atoms with E-state index >= 15 is 0 Å². The molecule has 0 bridgehead atoms. The summed E-state index contributed by atoms with van der Waals surface area (Å²) in [5.74, 6) is 0.982. The van der Waals surface area contributed by atoms with Crippen LogP contribution >= 0.6 is 15.9 Å². The summed E-state index contributed by atoms with van der Waals surface area (Å²) in [7, 11) is 0. The van der Waals surface area contributed by atoms with Crippen LogP contribution in [0.4, 0.5) is 5.82 Å². The van der Waals surface area contributed by atoms with Gasteiger partial charge in [-0.2, -0.15) is 0 Å². The Labute approximate surface area is 112 Å². The van der Waals surface area contributed by atoms with Gasteiger partial charge in [-0.25, -0.2) is 15.0 Å². The number of aryl methyl sites for hydroxylation is 1. The van der Waals surface area contributed by atoms with Crippen LogP contribution in [0.2, 0.25) is 0 Å². The number of nitrogens with one attached hydrogen (secondary N) is 1. The lowest BCUT2D eigenvalue weighted by atomic mass is 10.2. The van der Waals surface area contributed by atoms with E-state index in [2.05, 4.69) is 35.9 Å². The molecule has 3 rings (SSSR count). The van der Waals surface area contributed by atoms with Gasteiger partial charge < -0.3 is 10.7 Å². The molecule has 1 aromatic carbocycles. The molecule has 5 nitrogen and oxygen atoms in total. The molecule has 0 spiro atoms. The molecule has 0 aliphatic carbocycles. The van der Waals surface area contributed by atoms with Crippen LogP contribution in [0.1, 0.15) is 5.56 Å². The second-order valence-electron chi connectivity index (χ2n) is 4.03. The van der Waals surface area contributed by atoms with Gasteiger partial charge in [0.1, 0.15) is 10.3 Å². The molecule has 0 unspecified atom stereocenters. The van der Waals surface area contributed by atoms with E-state index in [4.69, 9.17) is 5.73 Å². The number of aromatic amines is 1. The van der Waals surface area contributed by atoms with Crippen molar-refractivity contribution in [2.45, 2.75) is 6.92 Å². The Bertz CT molecular complexity index is 734. The minimum atomic E-state index is 0.356. The highest BCUT2D eigenvalue weighted by Crippen LogP contribution is 2.24. The summed E-state index contributed by atoms with van der Waals surface area (Å²) in [4.78, 5) is 16.0. The number of halogens is 1. The van der Waals surface area contributed by atoms with Gasteiger partial charge in [0, 0.05) is 0 Å². The van der Waals surface area contributed by atoms with E-state index in [-0.39, 0.29) is 0 Å². The van der Waals surface area contributed by atoms with Crippen LogP contribution in [0.25, 0.3) is 22.6 Å². The van der Waals surface area contributed by atoms with Crippen molar-refractivity contribution in [3.05, 3.63) is 34.6 Å². The topological polar surface area (TPSA) is 80.5 Å². The van der Waals surface area contributed by atoms with Crippen molar-refractivity contribution in [1.29, 1.82) is 0 Å². The molecule has 3 N–H and O–H groups in total. The first kappa shape index (κ1) is 11.2. The Morgan fingerprint density at radius 3 is 2.94 bits per heavy atom. The fraction of sp³-hybridized carbons (Fsp3) is 0.0833. The van der Waals surface area contributed by atoms with Crippen LogP contribution in [0.5, 0.6) is 0 Å². The predicted molar refractivity (Wildman–Crippen MR) is 74.0 cm³/mol. The van der Waals surface area contributed by atoms with Gasteiger partial charge in [0.25, 0.3) is 0 Å². The van der Waals surface area contributed by atoms with Crippen LogP contribution in [-0.2, 0) is 0 Å². The average molecular weight is 304 g/mol. The number of benzene rings is 1. The van der Waals surface area contributed by atoms with E-state index < -0.39 is 0 Å². The van der Waals surface area contributed by atoms with E-state index in [0.717, 1.165) is 11.0 Å². The number of H-pyrrole nitrogens is 1. The number of hydrogen-bond donors (Lipinski definition) is 2. The van der Waals surface area contributed by atoms with Gasteiger partial charge in [-0.3, -0.25) is 0 Å². The molecule has 0 fully saturated rings. The van der Waals surface area contributed by atoms with Crippen LogP contribution in [0, 0.1) is 6.92 Å². The van der Waals surface area contributed by atoms with Gasteiger partial charge in [-0.05, 0) is 40.5 Å². The van der Waals surface area contributed by atoms with E-state index in [0.29, 0.717) is 21.9 Å². The Balaban J connectivity index is 2.22. The smallest absolute Gasteiger partial charge is 0.161 e. The lowest BCUT2D eigenvalue weighted by Gasteiger charge is -2.00. The number of imidazole rings is 1. The zero-order chi connectivity index (χ0) is 12.7. The number of nitrogen functional groups attached to an aromatic ring is 1. The van der Waals surface area contributed by atoms with Crippen LogP contribution in [0.3, 0.4) is 0 Å². The first-order valence-electron chi connectivity index (χ1n) is 5.38. The molecule has 0 aliphatic rings. The van der Waals surface area contributed by atoms with Gasteiger partial charge in [-0.1, -0.05) is 6.07 Å². The molecule has 0 saturated heterocycles. The fourth-order valence-electron chi connectivity index (χ4n) is 1.79. The summed E-state index contributed by atoms with van der Waals surface area (Å²) in [6.07, 6.45) is 1.56. The molecule has 0 amide bonds. The van der Waals surface area contributed by atoms with Crippen molar-refractivity contribution >= 4 is 32.8 Å². The highest BCUT2D eigenvalue weighted by molar-refractivity contribution is 9.10. The second kappa shape index (κ2) is 4.06. The van der Waals surface area contributed by atoms with E-state index in [9.17, 15) is 0 Å². The maximum Gasteiger partial charge on any atom is 0.161 e. The maximum atomic E-state index is 5.82. The van der Waals surface area contributed by atoms with Gasteiger partial charge in [0.2, 0.25) is 0 Å². The molecule has 3 aromatic rings. The molecule has 2 heterocycles. The molecular weight excluding hydrogens is 294 g/mol. The fourth-order valence-corrected chi connectivity index (χ4v) is 2.07. The standard InChI is InChI=1S/C12H10BrN5/c1-6-2-3-7-8(4-6)17-12(16-7)10-11(14)15-5-9(13)18-10/h2-5H,1H3,(H2,14,15)(H,16,17). The highest BCUT2D eigenvalue weighted by Gasteiger charge is 2.11. The second-order valence-corrected chi connectivity index (χ2v) is 4.85. The molecule has 90 valence electrons. The summed E-state index contributed by atoms with van der Waals surface area (Å²) in [6.45, 7) is 2.03. The number of aromatic nitrogens is 4. The molecule has 0 radical (unpaired) electrons. The molecular formula is C12H10BrN5. The predicted octanol–water partition coefficient (Wildman–Crippen LogP) is 2.67. The molecule has 6 heteroatoms. The van der Waals surface area contributed by atoms with Crippen LogP contribution in [0.15, 0.2) is 29.0 Å².